The minimum atomic E-state index is -0.628. The van der Waals surface area contributed by atoms with E-state index >= 15 is 0 Å². The average molecular weight is 237 g/mol. The zero-order valence-electron chi connectivity index (χ0n) is 9.59. The first-order valence-corrected chi connectivity index (χ1v) is 5.17. The molecule has 0 radical (unpaired) electrons. The quantitative estimate of drug-likeness (QED) is 0.843. The van der Waals surface area contributed by atoms with Gasteiger partial charge >= 0.3 is 0 Å². The Morgan fingerprint density at radius 3 is 2.24 bits per heavy atom. The van der Waals surface area contributed by atoms with Crippen molar-refractivity contribution in [3.05, 3.63) is 41.9 Å². The molecule has 90 valence electrons. The van der Waals surface area contributed by atoms with Gasteiger partial charge in [0, 0.05) is 17.8 Å². The average Bonchev–Trinajstić information content (AvgIpc) is 2.63. The molecule has 0 aliphatic rings. The van der Waals surface area contributed by atoms with Crippen LogP contribution in [-0.4, -0.2) is 9.97 Å². The van der Waals surface area contributed by atoms with E-state index in [0.29, 0.717) is 17.1 Å². The van der Waals surface area contributed by atoms with Gasteiger partial charge in [0.05, 0.1) is 11.2 Å². The predicted octanol–water partition coefficient (Wildman–Crippen LogP) is 2.55. The number of hydrogen-bond donors (Lipinski definition) is 2. The third-order valence-electron chi connectivity index (χ3n) is 2.35. The molecule has 0 aliphatic heterocycles. The maximum absolute atomic E-state index is 13.1. The molecule has 0 amide bonds. The molecule has 0 unspecified atom stereocenters. The Morgan fingerprint density at radius 2 is 1.76 bits per heavy atom. The Bertz CT molecular complexity index is 521. The topological polar surface area (TPSA) is 54.7 Å². The van der Waals surface area contributed by atoms with Gasteiger partial charge in [-0.05, 0) is 26.0 Å². The van der Waals surface area contributed by atoms with E-state index in [0.717, 1.165) is 6.07 Å². The Labute approximate surface area is 97.7 Å². The lowest BCUT2D eigenvalue weighted by atomic mass is 10.1. The van der Waals surface area contributed by atoms with Crippen molar-refractivity contribution in [2.24, 2.45) is 5.73 Å². The number of rotatable bonds is 2. The molecular weight excluding hydrogens is 224 g/mol. The minimum Gasteiger partial charge on any atom is -0.346 e. The number of aromatic amines is 1. The second-order valence-corrected chi connectivity index (χ2v) is 4.51. The molecule has 1 aromatic carbocycles. The van der Waals surface area contributed by atoms with Crippen LogP contribution in [0.3, 0.4) is 0 Å². The maximum Gasteiger partial charge on any atom is 0.126 e. The highest BCUT2D eigenvalue weighted by Crippen LogP contribution is 2.22. The third kappa shape index (κ3) is 2.50. The number of aromatic nitrogens is 2. The summed E-state index contributed by atoms with van der Waals surface area (Å²) in [7, 11) is 0. The molecule has 0 aliphatic carbocycles. The SMILES string of the molecule is CC(C)(N)c1nc(-c2cc(F)cc(F)c2)c[nH]1. The van der Waals surface area contributed by atoms with Crippen LogP contribution in [0, 0.1) is 11.6 Å². The zero-order chi connectivity index (χ0) is 12.6. The van der Waals surface area contributed by atoms with Crippen LogP contribution in [0.5, 0.6) is 0 Å². The molecule has 0 saturated heterocycles. The molecule has 2 aromatic rings. The molecule has 1 heterocycles. The molecule has 17 heavy (non-hydrogen) atoms. The van der Waals surface area contributed by atoms with Crippen molar-refractivity contribution in [3.8, 4) is 11.3 Å². The highest BCUT2D eigenvalue weighted by molar-refractivity contribution is 5.58. The van der Waals surface area contributed by atoms with Crippen LogP contribution >= 0.6 is 0 Å². The van der Waals surface area contributed by atoms with Crippen molar-refractivity contribution in [2.75, 3.05) is 0 Å². The number of hydrogen-bond acceptors (Lipinski definition) is 2. The van der Waals surface area contributed by atoms with Crippen LogP contribution in [0.15, 0.2) is 24.4 Å². The summed E-state index contributed by atoms with van der Waals surface area (Å²) in [6, 6.07) is 3.28. The molecule has 0 spiro atoms. The van der Waals surface area contributed by atoms with Gasteiger partial charge in [0.1, 0.15) is 17.5 Å². The number of nitrogens with one attached hydrogen (secondary N) is 1. The van der Waals surface area contributed by atoms with E-state index in [1.807, 2.05) is 0 Å². The number of halogens is 2. The predicted molar refractivity (Wildman–Crippen MR) is 61.2 cm³/mol. The fourth-order valence-corrected chi connectivity index (χ4v) is 1.50. The summed E-state index contributed by atoms with van der Waals surface area (Å²) in [5.41, 5.74) is 6.10. The number of nitrogens with zero attached hydrogens (tertiary/aromatic N) is 1. The first-order valence-electron chi connectivity index (χ1n) is 5.17. The van der Waals surface area contributed by atoms with E-state index in [9.17, 15) is 8.78 Å². The van der Waals surface area contributed by atoms with Gasteiger partial charge in [-0.3, -0.25) is 0 Å². The third-order valence-corrected chi connectivity index (χ3v) is 2.35. The zero-order valence-corrected chi connectivity index (χ0v) is 9.59. The Hall–Kier alpha value is -1.75. The molecule has 3 N–H and O–H groups in total. The fourth-order valence-electron chi connectivity index (χ4n) is 1.50. The Morgan fingerprint density at radius 1 is 1.18 bits per heavy atom. The lowest BCUT2D eigenvalue weighted by molar-refractivity contribution is 0.520. The van der Waals surface area contributed by atoms with Crippen LogP contribution in [-0.2, 0) is 5.54 Å². The largest absolute Gasteiger partial charge is 0.346 e. The van der Waals surface area contributed by atoms with Gasteiger partial charge < -0.3 is 10.7 Å². The van der Waals surface area contributed by atoms with Crippen molar-refractivity contribution in [1.29, 1.82) is 0 Å². The van der Waals surface area contributed by atoms with E-state index in [4.69, 9.17) is 5.73 Å². The highest BCUT2D eigenvalue weighted by Gasteiger charge is 2.18. The van der Waals surface area contributed by atoms with Crippen molar-refractivity contribution < 1.29 is 8.78 Å². The molecule has 0 saturated carbocycles. The second-order valence-electron chi connectivity index (χ2n) is 4.51. The first kappa shape index (κ1) is 11.7. The van der Waals surface area contributed by atoms with Crippen molar-refractivity contribution >= 4 is 0 Å². The highest BCUT2D eigenvalue weighted by atomic mass is 19.1. The number of H-pyrrole nitrogens is 1. The molecule has 0 atom stereocenters. The van der Waals surface area contributed by atoms with Crippen LogP contribution in [0.1, 0.15) is 19.7 Å². The monoisotopic (exact) mass is 237 g/mol. The lowest BCUT2D eigenvalue weighted by Crippen LogP contribution is -2.30. The molecule has 0 fully saturated rings. The molecule has 1 aromatic heterocycles. The van der Waals surface area contributed by atoms with E-state index in [1.54, 1.807) is 20.0 Å². The van der Waals surface area contributed by atoms with E-state index < -0.39 is 17.2 Å². The van der Waals surface area contributed by atoms with Crippen molar-refractivity contribution in [3.63, 3.8) is 0 Å². The van der Waals surface area contributed by atoms with Crippen molar-refractivity contribution in [1.82, 2.24) is 9.97 Å². The summed E-state index contributed by atoms with van der Waals surface area (Å²) >= 11 is 0. The summed E-state index contributed by atoms with van der Waals surface area (Å²) in [5, 5.41) is 0. The van der Waals surface area contributed by atoms with Crippen LogP contribution in [0.25, 0.3) is 11.3 Å². The maximum atomic E-state index is 13.1. The number of benzene rings is 1. The lowest BCUT2D eigenvalue weighted by Gasteiger charge is -2.14. The van der Waals surface area contributed by atoms with Crippen molar-refractivity contribution in [2.45, 2.75) is 19.4 Å². The molecule has 3 nitrogen and oxygen atoms in total. The van der Waals surface area contributed by atoms with E-state index in [-0.39, 0.29) is 0 Å². The first-order chi connectivity index (χ1) is 7.86. The molecule has 2 rings (SSSR count). The van der Waals surface area contributed by atoms with Gasteiger partial charge in [0.25, 0.3) is 0 Å². The van der Waals surface area contributed by atoms with Gasteiger partial charge in [-0.2, -0.15) is 0 Å². The molecule has 5 heteroatoms. The van der Waals surface area contributed by atoms with E-state index in [2.05, 4.69) is 9.97 Å². The Kier molecular flexibility index (Phi) is 2.71. The van der Waals surface area contributed by atoms with Gasteiger partial charge in [-0.15, -0.1) is 0 Å². The fraction of sp³-hybridized carbons (Fsp3) is 0.250. The minimum absolute atomic E-state index is 0.384. The second kappa shape index (κ2) is 3.92. The molecule has 0 bridgehead atoms. The van der Waals surface area contributed by atoms with Gasteiger partial charge in [-0.1, -0.05) is 0 Å². The smallest absolute Gasteiger partial charge is 0.126 e. The summed E-state index contributed by atoms with van der Waals surface area (Å²) < 4.78 is 26.1. The summed E-state index contributed by atoms with van der Waals surface area (Å²) in [5.74, 6) is -0.690. The van der Waals surface area contributed by atoms with E-state index in [1.165, 1.54) is 12.1 Å². The summed E-state index contributed by atoms with van der Waals surface area (Å²) in [6.45, 7) is 3.59. The number of nitrogens with two attached hydrogens (primary N) is 1. The van der Waals surface area contributed by atoms with Gasteiger partial charge in [-0.25, -0.2) is 13.8 Å². The normalized spacial score (nSPS) is 11.8. The number of imidazole rings is 1. The summed E-state index contributed by atoms with van der Waals surface area (Å²) in [6.07, 6.45) is 1.58. The Balaban J connectivity index is 2.44. The van der Waals surface area contributed by atoms with Crippen LogP contribution in [0.2, 0.25) is 0 Å². The van der Waals surface area contributed by atoms with Crippen LogP contribution in [0.4, 0.5) is 8.78 Å². The molecular formula is C12H13F2N3. The standard InChI is InChI=1S/C12H13F2N3/c1-12(2,15)11-16-6-10(17-11)7-3-8(13)5-9(14)4-7/h3-6H,15H2,1-2H3,(H,16,17). The van der Waals surface area contributed by atoms with Crippen LogP contribution < -0.4 is 5.73 Å². The van der Waals surface area contributed by atoms with Gasteiger partial charge in [0.15, 0.2) is 0 Å². The van der Waals surface area contributed by atoms with Gasteiger partial charge in [0.2, 0.25) is 0 Å². The summed E-state index contributed by atoms with van der Waals surface area (Å²) in [4.78, 5) is 7.12.